The highest BCUT2D eigenvalue weighted by Gasteiger charge is 2.13. The van der Waals surface area contributed by atoms with Crippen LogP contribution in [0.3, 0.4) is 0 Å². The van der Waals surface area contributed by atoms with Gasteiger partial charge in [-0.1, -0.05) is 43.3 Å². The third-order valence-electron chi connectivity index (χ3n) is 5.67. The van der Waals surface area contributed by atoms with Crippen molar-refractivity contribution in [2.45, 2.75) is 33.4 Å². The van der Waals surface area contributed by atoms with E-state index in [4.69, 9.17) is 9.84 Å². The lowest BCUT2D eigenvalue weighted by atomic mass is 10.0. The normalized spacial score (nSPS) is 11.0. The molecule has 0 unspecified atom stereocenters. The van der Waals surface area contributed by atoms with Gasteiger partial charge in [0.1, 0.15) is 5.75 Å². The maximum atomic E-state index is 5.38. The summed E-state index contributed by atoms with van der Waals surface area (Å²) in [6.45, 7) is 5.85. The average molecular weight is 537 g/mol. The van der Waals surface area contributed by atoms with Gasteiger partial charge in [0.25, 0.3) is 0 Å². The molecular formula is C27H28IN3O. The third kappa shape index (κ3) is 5.05. The van der Waals surface area contributed by atoms with E-state index in [1.165, 1.54) is 25.8 Å². The van der Waals surface area contributed by atoms with Crippen molar-refractivity contribution in [3.63, 3.8) is 0 Å². The molecule has 4 nitrogen and oxygen atoms in total. The summed E-state index contributed by atoms with van der Waals surface area (Å²) in [6, 6.07) is 23.2. The van der Waals surface area contributed by atoms with E-state index in [-0.39, 0.29) is 0 Å². The molecule has 1 N–H and O–H groups in total. The van der Waals surface area contributed by atoms with Crippen LogP contribution in [0.5, 0.6) is 5.75 Å². The van der Waals surface area contributed by atoms with Crippen LogP contribution < -0.4 is 10.1 Å². The number of benzene rings is 3. The second kappa shape index (κ2) is 10.3. The van der Waals surface area contributed by atoms with Gasteiger partial charge in [-0.25, -0.2) is 4.68 Å². The molecule has 1 aromatic heterocycles. The summed E-state index contributed by atoms with van der Waals surface area (Å²) in [6.07, 6.45) is 3.12. The number of methoxy groups -OCH3 is 1. The van der Waals surface area contributed by atoms with Crippen LogP contribution in [-0.2, 0) is 19.5 Å². The maximum Gasteiger partial charge on any atom is 0.119 e. The number of aryl methyl sites for hydroxylation is 2. The fourth-order valence-electron chi connectivity index (χ4n) is 3.84. The predicted molar refractivity (Wildman–Crippen MR) is 139 cm³/mol. The van der Waals surface area contributed by atoms with Crippen molar-refractivity contribution in [1.29, 1.82) is 0 Å². The molecule has 0 bridgehead atoms. The summed E-state index contributed by atoms with van der Waals surface area (Å²) < 4.78 is 8.63. The lowest BCUT2D eigenvalue weighted by Gasteiger charge is -2.11. The summed E-state index contributed by atoms with van der Waals surface area (Å²) in [5.74, 6) is 0.908. The summed E-state index contributed by atoms with van der Waals surface area (Å²) in [5, 5.41) is 8.59. The van der Waals surface area contributed by atoms with Crippen molar-refractivity contribution in [1.82, 2.24) is 15.1 Å². The van der Waals surface area contributed by atoms with E-state index in [0.29, 0.717) is 0 Å². The first kappa shape index (κ1) is 22.6. The van der Waals surface area contributed by atoms with Gasteiger partial charge in [0, 0.05) is 34.0 Å². The molecule has 4 rings (SSSR count). The van der Waals surface area contributed by atoms with Crippen LogP contribution in [0.25, 0.3) is 16.9 Å². The molecule has 0 atom stereocenters. The quantitative estimate of drug-likeness (QED) is 0.268. The van der Waals surface area contributed by atoms with Crippen LogP contribution >= 0.6 is 22.6 Å². The number of ether oxygens (including phenoxy) is 1. The molecule has 0 aliphatic carbocycles. The summed E-state index contributed by atoms with van der Waals surface area (Å²) >= 11 is 2.37. The smallest absolute Gasteiger partial charge is 0.119 e. The molecule has 5 heteroatoms. The predicted octanol–water partition coefficient (Wildman–Crippen LogP) is 6.31. The average Bonchev–Trinajstić information content (AvgIpc) is 3.25. The Kier molecular flexibility index (Phi) is 7.27. The Morgan fingerprint density at radius 2 is 1.72 bits per heavy atom. The van der Waals surface area contributed by atoms with Crippen LogP contribution in [-0.4, -0.2) is 16.9 Å². The minimum Gasteiger partial charge on any atom is -0.497 e. The van der Waals surface area contributed by atoms with E-state index in [2.05, 4.69) is 103 Å². The number of rotatable bonds is 8. The van der Waals surface area contributed by atoms with Crippen molar-refractivity contribution >= 4 is 22.6 Å². The Labute approximate surface area is 203 Å². The molecule has 3 aromatic carbocycles. The zero-order valence-corrected chi connectivity index (χ0v) is 20.9. The Morgan fingerprint density at radius 1 is 0.938 bits per heavy atom. The van der Waals surface area contributed by atoms with Crippen molar-refractivity contribution < 1.29 is 4.74 Å². The maximum absolute atomic E-state index is 5.38. The Bertz CT molecular complexity index is 1200. The van der Waals surface area contributed by atoms with E-state index in [1.807, 2.05) is 16.8 Å². The zero-order chi connectivity index (χ0) is 22.5. The van der Waals surface area contributed by atoms with Crippen LogP contribution in [0.4, 0.5) is 0 Å². The molecule has 0 saturated heterocycles. The van der Waals surface area contributed by atoms with Crippen LogP contribution in [0, 0.1) is 10.5 Å². The van der Waals surface area contributed by atoms with Gasteiger partial charge in [-0.15, -0.1) is 0 Å². The number of hydrogen-bond acceptors (Lipinski definition) is 3. The van der Waals surface area contributed by atoms with Gasteiger partial charge >= 0.3 is 0 Å². The van der Waals surface area contributed by atoms with E-state index in [9.17, 15) is 0 Å². The summed E-state index contributed by atoms with van der Waals surface area (Å²) in [5.41, 5.74) is 8.27. The highest BCUT2D eigenvalue weighted by molar-refractivity contribution is 14.1. The van der Waals surface area contributed by atoms with Crippen LogP contribution in [0.1, 0.15) is 29.2 Å². The Morgan fingerprint density at radius 3 is 2.44 bits per heavy atom. The van der Waals surface area contributed by atoms with Crippen molar-refractivity contribution in [2.75, 3.05) is 7.11 Å². The number of nitrogens with one attached hydrogen (secondary N) is 1. The fourth-order valence-corrected chi connectivity index (χ4v) is 4.18. The minimum absolute atomic E-state index is 0.739. The van der Waals surface area contributed by atoms with Gasteiger partial charge in [-0.2, -0.15) is 5.10 Å². The van der Waals surface area contributed by atoms with Gasteiger partial charge in [0.15, 0.2) is 0 Å². The molecule has 164 valence electrons. The summed E-state index contributed by atoms with van der Waals surface area (Å²) in [4.78, 5) is 0. The van der Waals surface area contributed by atoms with Crippen molar-refractivity contribution in [3.05, 3.63) is 98.8 Å². The number of nitrogens with zero attached hydrogens (tertiary/aromatic N) is 2. The van der Waals surface area contributed by atoms with Gasteiger partial charge in [-0.05, 0) is 83.0 Å². The Hall–Kier alpha value is -2.64. The van der Waals surface area contributed by atoms with Gasteiger partial charge in [-0.3, -0.25) is 0 Å². The molecule has 32 heavy (non-hydrogen) atoms. The van der Waals surface area contributed by atoms with Crippen LogP contribution in [0.2, 0.25) is 0 Å². The first-order valence-electron chi connectivity index (χ1n) is 10.9. The zero-order valence-electron chi connectivity index (χ0n) is 18.7. The number of halogens is 1. The Balaban J connectivity index is 1.60. The van der Waals surface area contributed by atoms with E-state index < -0.39 is 0 Å². The van der Waals surface area contributed by atoms with Gasteiger partial charge in [0.05, 0.1) is 18.5 Å². The minimum atomic E-state index is 0.739. The van der Waals surface area contributed by atoms with Gasteiger partial charge in [0.2, 0.25) is 0 Å². The first-order chi connectivity index (χ1) is 15.6. The SMILES string of the molecule is CCc1cc(OC)ccc1CNCc1cn(-c2ccc(I)c(C)c2)nc1-c1ccccc1. The van der Waals surface area contributed by atoms with E-state index in [0.717, 1.165) is 42.2 Å². The standard InChI is InChI=1S/C27H28IN3O/c1-4-20-15-25(32-3)12-10-22(20)16-29-17-23-18-31(24-11-13-26(28)19(2)14-24)30-27(23)21-8-6-5-7-9-21/h5-15,18,29H,4,16-17H2,1-3H3. The second-order valence-corrected chi connectivity index (χ2v) is 9.00. The molecule has 0 aliphatic heterocycles. The second-order valence-electron chi connectivity index (χ2n) is 7.84. The topological polar surface area (TPSA) is 39.1 Å². The van der Waals surface area contributed by atoms with Gasteiger partial charge < -0.3 is 10.1 Å². The molecule has 0 spiro atoms. The monoisotopic (exact) mass is 537 g/mol. The molecule has 0 saturated carbocycles. The largest absolute Gasteiger partial charge is 0.497 e. The van der Waals surface area contributed by atoms with E-state index in [1.54, 1.807) is 7.11 Å². The van der Waals surface area contributed by atoms with E-state index >= 15 is 0 Å². The lowest BCUT2D eigenvalue weighted by Crippen LogP contribution is -2.14. The molecule has 1 heterocycles. The highest BCUT2D eigenvalue weighted by atomic mass is 127. The highest BCUT2D eigenvalue weighted by Crippen LogP contribution is 2.25. The molecule has 0 amide bonds. The van der Waals surface area contributed by atoms with Crippen molar-refractivity contribution in [2.24, 2.45) is 0 Å². The molecular weight excluding hydrogens is 509 g/mol. The molecule has 0 fully saturated rings. The van der Waals surface area contributed by atoms with Crippen LogP contribution in [0.15, 0.2) is 72.9 Å². The summed E-state index contributed by atoms with van der Waals surface area (Å²) in [7, 11) is 1.71. The molecule has 4 aromatic rings. The lowest BCUT2D eigenvalue weighted by molar-refractivity contribution is 0.414. The number of hydrogen-bond donors (Lipinski definition) is 1. The fraction of sp³-hybridized carbons (Fsp3) is 0.222. The third-order valence-corrected chi connectivity index (χ3v) is 6.88. The molecule has 0 aliphatic rings. The molecule has 0 radical (unpaired) electrons. The van der Waals surface area contributed by atoms with Crippen molar-refractivity contribution in [3.8, 4) is 22.7 Å². The first-order valence-corrected chi connectivity index (χ1v) is 11.9. The number of aromatic nitrogens is 2.